The molecule has 14 heteroatoms. The number of methoxy groups -OCH3 is 1. The van der Waals surface area contributed by atoms with Gasteiger partial charge >= 0.3 is 17.9 Å². The molecule has 2 aliphatic rings. The number of carbonyl (C=O) groups excluding carboxylic acids is 3. The van der Waals surface area contributed by atoms with Crippen molar-refractivity contribution in [1.82, 2.24) is 0 Å². The fourth-order valence-electron chi connectivity index (χ4n) is 8.05. The van der Waals surface area contributed by atoms with Crippen LogP contribution in [-0.4, -0.2) is 105 Å². The summed E-state index contributed by atoms with van der Waals surface area (Å²) < 4.78 is 63.7. The van der Waals surface area contributed by atoms with Gasteiger partial charge in [-0.05, 0) is 53.1 Å². The lowest BCUT2D eigenvalue weighted by atomic mass is 9.96. The second-order valence-electron chi connectivity index (χ2n) is 16.4. The smallest absolute Gasteiger partial charge is 0.338 e. The molecule has 358 valence electrons. The third-order valence-corrected chi connectivity index (χ3v) is 11.6. The van der Waals surface area contributed by atoms with Crippen molar-refractivity contribution >= 4 is 17.9 Å². The highest BCUT2D eigenvalue weighted by molar-refractivity contribution is 5.91. The minimum Gasteiger partial charge on any atom is -0.459 e. The Labute approximate surface area is 400 Å². The van der Waals surface area contributed by atoms with E-state index in [0.29, 0.717) is 0 Å². The van der Waals surface area contributed by atoms with Gasteiger partial charge in [-0.2, -0.15) is 0 Å². The molecule has 0 aromatic heterocycles. The number of aliphatic hydroxyl groups excluding tert-OH is 1. The van der Waals surface area contributed by atoms with Crippen molar-refractivity contribution in [2.75, 3.05) is 20.3 Å². The third-order valence-electron chi connectivity index (χ3n) is 11.6. The van der Waals surface area contributed by atoms with Gasteiger partial charge in [0.15, 0.2) is 24.8 Å². The molecule has 2 heterocycles. The van der Waals surface area contributed by atoms with Gasteiger partial charge in [-0.3, -0.25) is 0 Å². The van der Waals surface area contributed by atoms with Gasteiger partial charge < -0.3 is 52.5 Å². The monoisotopic (exact) mass is 938 g/mol. The van der Waals surface area contributed by atoms with Crippen molar-refractivity contribution in [3.8, 4) is 0 Å². The van der Waals surface area contributed by atoms with Crippen molar-refractivity contribution in [1.29, 1.82) is 0 Å². The van der Waals surface area contributed by atoms with Crippen molar-refractivity contribution in [3.63, 3.8) is 0 Å². The molecule has 0 bridgehead atoms. The molecule has 2 aliphatic heterocycles. The van der Waals surface area contributed by atoms with Crippen LogP contribution in [0.5, 0.6) is 0 Å². The number of esters is 3. The summed E-state index contributed by atoms with van der Waals surface area (Å²) in [6, 6.07) is 53.3. The maximum Gasteiger partial charge on any atom is 0.338 e. The molecule has 69 heavy (non-hydrogen) atoms. The molecular formula is C55H54O14. The second kappa shape index (κ2) is 24.6. The number of aliphatic hydroxyl groups is 1. The van der Waals surface area contributed by atoms with E-state index in [4.69, 9.17) is 47.4 Å². The molecule has 0 spiro atoms. The SMILES string of the molecule is CO[C@H]1O[C@H](COCc2ccccc2)[C@@H](O[C@@H]2O[C@H](COC(=O)c3ccccc3)[C@@H](OC(=O)c3ccccc3)[C@H](OC(=O)c3ccccc3)[C@@H]2O)[C@H](OCc2ccccc2)[C@H]1OCc1ccccc1. The van der Waals surface area contributed by atoms with Crippen LogP contribution in [0.25, 0.3) is 0 Å². The fourth-order valence-corrected chi connectivity index (χ4v) is 8.05. The lowest BCUT2D eigenvalue weighted by Gasteiger charge is -2.49. The molecule has 8 rings (SSSR count). The summed E-state index contributed by atoms with van der Waals surface area (Å²) in [6.07, 6.45) is -13.1. The number of rotatable bonds is 20. The van der Waals surface area contributed by atoms with Gasteiger partial charge in [0.2, 0.25) is 0 Å². The van der Waals surface area contributed by atoms with E-state index in [-0.39, 0.29) is 43.1 Å². The molecule has 0 radical (unpaired) electrons. The van der Waals surface area contributed by atoms with Crippen LogP contribution in [0.15, 0.2) is 182 Å². The first-order valence-electron chi connectivity index (χ1n) is 22.7. The van der Waals surface area contributed by atoms with E-state index >= 15 is 0 Å². The van der Waals surface area contributed by atoms with Gasteiger partial charge in [0.1, 0.15) is 43.2 Å². The molecule has 6 aromatic rings. The summed E-state index contributed by atoms with van der Waals surface area (Å²) in [5.41, 5.74) is 3.20. The minimum absolute atomic E-state index is 0.0549. The standard InChI is InChI=1S/C55H54O14/c1-60-55-50(63-34-39-24-12-4-13-25-39)49(62-33-38-22-10-3-11-23-38)47(43(66-55)35-61-32-37-20-8-2-9-21-37)69-54-45(56)48(68-53(59)42-30-18-7-19-31-42)46(67-52(58)41-28-16-6-17-29-41)44(65-54)36-64-51(57)40-26-14-5-15-27-40/h2-31,43-50,54-56H,32-36H2,1H3/t43-,44-,45+,46-,47-,48-,49+,50-,54+,55+/m1/s1. The summed E-state index contributed by atoms with van der Waals surface area (Å²) in [5, 5.41) is 12.5. The first-order chi connectivity index (χ1) is 33.8. The van der Waals surface area contributed by atoms with Gasteiger partial charge in [-0.1, -0.05) is 146 Å². The van der Waals surface area contributed by atoms with Crippen LogP contribution in [0.3, 0.4) is 0 Å². The molecule has 0 unspecified atom stereocenters. The average Bonchev–Trinajstić information content (AvgIpc) is 3.40. The highest BCUT2D eigenvalue weighted by Gasteiger charge is 2.55. The topological polar surface area (TPSA) is 164 Å². The maximum atomic E-state index is 13.9. The van der Waals surface area contributed by atoms with Gasteiger partial charge in [0.05, 0.1) is 43.1 Å². The third kappa shape index (κ3) is 13.1. The Balaban J connectivity index is 1.16. The Morgan fingerprint density at radius 3 is 1.35 bits per heavy atom. The van der Waals surface area contributed by atoms with Crippen LogP contribution >= 0.6 is 0 Å². The van der Waals surface area contributed by atoms with Crippen LogP contribution in [0.2, 0.25) is 0 Å². The first kappa shape index (κ1) is 48.9. The summed E-state index contributed by atoms with van der Waals surface area (Å²) in [5.74, 6) is -2.36. The Hall–Kier alpha value is -6.59. The van der Waals surface area contributed by atoms with E-state index in [2.05, 4.69) is 0 Å². The Morgan fingerprint density at radius 1 is 0.449 bits per heavy atom. The molecule has 14 nitrogen and oxygen atoms in total. The highest BCUT2D eigenvalue weighted by atomic mass is 16.8. The minimum atomic E-state index is -1.84. The molecule has 1 N–H and O–H groups in total. The Kier molecular flexibility index (Phi) is 17.4. The molecule has 2 fully saturated rings. The van der Waals surface area contributed by atoms with Crippen LogP contribution in [-0.2, 0) is 67.2 Å². The quantitative estimate of drug-likeness (QED) is 0.0590. The molecule has 0 amide bonds. The largest absolute Gasteiger partial charge is 0.459 e. The van der Waals surface area contributed by atoms with Crippen molar-refractivity contribution in [2.24, 2.45) is 0 Å². The maximum absolute atomic E-state index is 13.9. The van der Waals surface area contributed by atoms with E-state index in [1.54, 1.807) is 91.0 Å². The van der Waals surface area contributed by atoms with Crippen molar-refractivity contribution in [3.05, 3.63) is 215 Å². The molecule has 0 saturated carbocycles. The Bertz CT molecular complexity index is 2480. The fraction of sp³-hybridized carbons (Fsp3) is 0.291. The number of hydrogen-bond donors (Lipinski definition) is 1. The predicted molar refractivity (Wildman–Crippen MR) is 249 cm³/mol. The number of carbonyl (C=O) groups is 3. The zero-order valence-corrected chi connectivity index (χ0v) is 37.9. The summed E-state index contributed by atoms with van der Waals surface area (Å²) >= 11 is 0. The predicted octanol–water partition coefficient (Wildman–Crippen LogP) is 7.52. The molecule has 6 aromatic carbocycles. The lowest BCUT2D eigenvalue weighted by Crippen LogP contribution is -2.66. The first-order valence-corrected chi connectivity index (χ1v) is 22.7. The zero-order chi connectivity index (χ0) is 47.8. The van der Waals surface area contributed by atoms with E-state index < -0.39 is 85.9 Å². The average molecular weight is 939 g/mol. The molecule has 10 atom stereocenters. The second-order valence-corrected chi connectivity index (χ2v) is 16.4. The van der Waals surface area contributed by atoms with Crippen LogP contribution in [0.1, 0.15) is 47.8 Å². The van der Waals surface area contributed by atoms with Crippen LogP contribution < -0.4 is 0 Å². The number of benzene rings is 6. The lowest BCUT2D eigenvalue weighted by molar-refractivity contribution is -0.366. The number of ether oxygens (including phenoxy) is 10. The molecule has 0 aliphatic carbocycles. The van der Waals surface area contributed by atoms with Gasteiger partial charge in [-0.15, -0.1) is 0 Å². The zero-order valence-electron chi connectivity index (χ0n) is 37.9. The van der Waals surface area contributed by atoms with Crippen LogP contribution in [0, 0.1) is 0 Å². The van der Waals surface area contributed by atoms with E-state index in [1.807, 2.05) is 91.0 Å². The van der Waals surface area contributed by atoms with Crippen LogP contribution in [0.4, 0.5) is 0 Å². The summed E-state index contributed by atoms with van der Waals surface area (Å²) in [6.45, 7) is -0.116. The number of hydrogen-bond acceptors (Lipinski definition) is 14. The summed E-state index contributed by atoms with van der Waals surface area (Å²) in [4.78, 5) is 41.3. The van der Waals surface area contributed by atoms with Gasteiger partial charge in [0.25, 0.3) is 0 Å². The van der Waals surface area contributed by atoms with E-state index in [1.165, 1.54) is 7.11 Å². The molecular weight excluding hydrogens is 885 g/mol. The van der Waals surface area contributed by atoms with E-state index in [9.17, 15) is 19.5 Å². The highest BCUT2D eigenvalue weighted by Crippen LogP contribution is 2.35. The van der Waals surface area contributed by atoms with Crippen molar-refractivity contribution in [2.45, 2.75) is 81.2 Å². The Morgan fingerprint density at radius 2 is 0.855 bits per heavy atom. The summed E-state index contributed by atoms with van der Waals surface area (Å²) in [7, 11) is 1.50. The normalized spacial score (nSPS) is 24.4. The van der Waals surface area contributed by atoms with Crippen molar-refractivity contribution < 1.29 is 66.9 Å². The van der Waals surface area contributed by atoms with Gasteiger partial charge in [-0.25, -0.2) is 14.4 Å². The van der Waals surface area contributed by atoms with E-state index in [0.717, 1.165) is 16.7 Å². The molecule has 2 saturated heterocycles. The van der Waals surface area contributed by atoms with Gasteiger partial charge in [0, 0.05) is 7.11 Å².